The van der Waals surface area contributed by atoms with Crippen molar-refractivity contribution in [3.05, 3.63) is 52.0 Å². The molecule has 0 amide bonds. The third kappa shape index (κ3) is 6.60. The Bertz CT molecular complexity index is 1010. The van der Waals surface area contributed by atoms with Crippen molar-refractivity contribution >= 4 is 28.9 Å². The highest BCUT2D eigenvalue weighted by molar-refractivity contribution is 7.09. The van der Waals surface area contributed by atoms with Crippen molar-refractivity contribution in [3.63, 3.8) is 0 Å². The number of rotatable bonds is 7. The molecule has 0 radical (unpaired) electrons. The van der Waals surface area contributed by atoms with E-state index in [1.165, 1.54) is 22.5 Å². The monoisotopic (exact) mass is 425 g/mol. The van der Waals surface area contributed by atoms with Crippen molar-refractivity contribution in [2.45, 2.75) is 46.8 Å². The molecule has 3 rings (SSSR count). The lowest BCUT2D eigenvalue weighted by atomic mass is 10.1. The van der Waals surface area contributed by atoms with E-state index in [0.29, 0.717) is 12.5 Å². The Morgan fingerprint density at radius 1 is 1.10 bits per heavy atom. The van der Waals surface area contributed by atoms with Crippen LogP contribution in [0, 0.1) is 13.8 Å². The zero-order valence-corrected chi connectivity index (χ0v) is 18.8. The Morgan fingerprint density at radius 2 is 1.83 bits per heavy atom. The maximum atomic E-state index is 11.8. The lowest BCUT2D eigenvalue weighted by Gasteiger charge is -2.19. The van der Waals surface area contributed by atoms with Crippen LogP contribution in [0.5, 0.6) is 0 Å². The van der Waals surface area contributed by atoms with Gasteiger partial charge in [0.25, 0.3) is 0 Å². The normalized spacial score (nSPS) is 11.4. The number of benzene rings is 1. The molecule has 2 N–H and O–H groups in total. The summed E-state index contributed by atoms with van der Waals surface area (Å²) < 4.78 is 5.28. The van der Waals surface area contributed by atoms with Gasteiger partial charge in [0.05, 0.1) is 12.2 Å². The molecule has 0 aliphatic carbocycles. The van der Waals surface area contributed by atoms with E-state index in [0.717, 1.165) is 22.1 Å². The van der Waals surface area contributed by atoms with Gasteiger partial charge in [-0.15, -0.1) is 11.3 Å². The van der Waals surface area contributed by atoms with Crippen LogP contribution in [-0.4, -0.2) is 33.1 Å². The standard InChI is InChI=1S/C22H27N5O2S/c1-14-8-15(2)10-16(9-14)25-21-24-7-6-17(27-21)18-13-30-19(26-18)11-23-12-20(28)29-22(3,4)5/h6-10,13,23H,11-12H2,1-5H3,(H,24,25,27). The molecule has 158 valence electrons. The summed E-state index contributed by atoms with van der Waals surface area (Å²) in [7, 11) is 0. The number of carbonyl (C=O) groups is 1. The molecule has 0 atom stereocenters. The van der Waals surface area contributed by atoms with Crippen molar-refractivity contribution < 1.29 is 9.53 Å². The van der Waals surface area contributed by atoms with Gasteiger partial charge in [-0.1, -0.05) is 6.07 Å². The molecule has 0 saturated carbocycles. The van der Waals surface area contributed by atoms with Crippen LogP contribution in [0.2, 0.25) is 0 Å². The van der Waals surface area contributed by atoms with Crippen molar-refractivity contribution in [3.8, 4) is 11.4 Å². The zero-order chi connectivity index (χ0) is 21.7. The minimum Gasteiger partial charge on any atom is -0.459 e. The van der Waals surface area contributed by atoms with E-state index < -0.39 is 5.60 Å². The molecule has 2 aromatic heterocycles. The molecule has 0 spiro atoms. The molecular weight excluding hydrogens is 398 g/mol. The second-order valence-corrected chi connectivity index (χ2v) is 9.03. The Balaban J connectivity index is 1.61. The molecular formula is C22H27N5O2S. The smallest absolute Gasteiger partial charge is 0.320 e. The molecule has 0 unspecified atom stereocenters. The van der Waals surface area contributed by atoms with Crippen LogP contribution in [0.25, 0.3) is 11.4 Å². The van der Waals surface area contributed by atoms with Crippen molar-refractivity contribution in [1.29, 1.82) is 0 Å². The molecule has 0 aliphatic rings. The molecule has 1 aromatic carbocycles. The summed E-state index contributed by atoms with van der Waals surface area (Å²) in [5.74, 6) is 0.243. The summed E-state index contributed by atoms with van der Waals surface area (Å²) in [4.78, 5) is 25.3. The fraction of sp³-hybridized carbons (Fsp3) is 0.364. The predicted molar refractivity (Wildman–Crippen MR) is 120 cm³/mol. The second-order valence-electron chi connectivity index (χ2n) is 8.08. The first kappa shape index (κ1) is 21.9. The molecule has 0 fully saturated rings. The highest BCUT2D eigenvalue weighted by Crippen LogP contribution is 2.22. The highest BCUT2D eigenvalue weighted by Gasteiger charge is 2.16. The van der Waals surface area contributed by atoms with Gasteiger partial charge in [-0.25, -0.2) is 15.0 Å². The van der Waals surface area contributed by atoms with Crippen LogP contribution in [0.3, 0.4) is 0 Å². The van der Waals surface area contributed by atoms with Gasteiger partial charge in [-0.3, -0.25) is 4.79 Å². The molecule has 0 aliphatic heterocycles. The number of ether oxygens (including phenoxy) is 1. The van der Waals surface area contributed by atoms with Gasteiger partial charge in [0, 0.05) is 23.8 Å². The third-order valence-electron chi connectivity index (χ3n) is 3.91. The van der Waals surface area contributed by atoms with E-state index in [2.05, 4.69) is 57.6 Å². The van der Waals surface area contributed by atoms with Crippen molar-refractivity contribution in [2.75, 3.05) is 11.9 Å². The summed E-state index contributed by atoms with van der Waals surface area (Å²) in [6.45, 7) is 10.3. The average Bonchev–Trinajstić information content (AvgIpc) is 3.08. The Hall–Kier alpha value is -2.84. The van der Waals surface area contributed by atoms with E-state index in [9.17, 15) is 4.79 Å². The number of hydrogen-bond donors (Lipinski definition) is 2. The summed E-state index contributed by atoms with van der Waals surface area (Å²) >= 11 is 1.52. The lowest BCUT2D eigenvalue weighted by Crippen LogP contribution is -2.31. The first-order valence-corrected chi connectivity index (χ1v) is 10.6. The zero-order valence-electron chi connectivity index (χ0n) is 17.9. The molecule has 7 nitrogen and oxygen atoms in total. The molecule has 0 saturated heterocycles. The van der Waals surface area contributed by atoms with Gasteiger partial charge >= 0.3 is 5.97 Å². The molecule has 30 heavy (non-hydrogen) atoms. The fourth-order valence-electron chi connectivity index (χ4n) is 2.90. The first-order chi connectivity index (χ1) is 14.2. The van der Waals surface area contributed by atoms with Crippen LogP contribution in [-0.2, 0) is 16.1 Å². The van der Waals surface area contributed by atoms with Crippen molar-refractivity contribution in [1.82, 2.24) is 20.3 Å². The number of esters is 1. The van der Waals surface area contributed by atoms with Gasteiger partial charge < -0.3 is 15.4 Å². The van der Waals surface area contributed by atoms with Crippen LogP contribution >= 0.6 is 11.3 Å². The number of nitrogens with zero attached hydrogens (tertiary/aromatic N) is 3. The number of hydrogen-bond acceptors (Lipinski definition) is 8. The molecule has 8 heteroatoms. The highest BCUT2D eigenvalue weighted by atomic mass is 32.1. The maximum Gasteiger partial charge on any atom is 0.320 e. The SMILES string of the molecule is Cc1cc(C)cc(Nc2nccc(-c3csc(CNCC(=O)OC(C)(C)C)n3)n2)c1. The summed E-state index contributed by atoms with van der Waals surface area (Å²) in [6.07, 6.45) is 1.72. The minimum atomic E-state index is -0.483. The number of anilines is 2. The summed E-state index contributed by atoms with van der Waals surface area (Å²) in [5.41, 5.74) is 4.35. The van der Waals surface area contributed by atoms with E-state index >= 15 is 0 Å². The fourth-order valence-corrected chi connectivity index (χ4v) is 3.65. The van der Waals surface area contributed by atoms with Crippen LogP contribution < -0.4 is 10.6 Å². The van der Waals surface area contributed by atoms with Gasteiger partial charge in [-0.2, -0.15) is 0 Å². The minimum absolute atomic E-state index is 0.143. The quantitative estimate of drug-likeness (QED) is 0.543. The Kier molecular flexibility index (Phi) is 6.79. The third-order valence-corrected chi connectivity index (χ3v) is 4.76. The molecule has 3 aromatic rings. The molecule has 0 bridgehead atoms. The summed E-state index contributed by atoms with van der Waals surface area (Å²) in [6, 6.07) is 8.07. The molecule has 2 heterocycles. The van der Waals surface area contributed by atoms with Gasteiger partial charge in [-0.05, 0) is 63.9 Å². The van der Waals surface area contributed by atoms with Gasteiger partial charge in [0.2, 0.25) is 5.95 Å². The van der Waals surface area contributed by atoms with Gasteiger partial charge in [0.15, 0.2) is 0 Å². The largest absolute Gasteiger partial charge is 0.459 e. The number of carbonyl (C=O) groups excluding carboxylic acids is 1. The topological polar surface area (TPSA) is 89.0 Å². The average molecular weight is 426 g/mol. The Morgan fingerprint density at radius 3 is 2.53 bits per heavy atom. The van der Waals surface area contributed by atoms with E-state index in [1.807, 2.05) is 32.2 Å². The van der Waals surface area contributed by atoms with Gasteiger partial charge in [0.1, 0.15) is 16.3 Å². The number of aromatic nitrogens is 3. The number of aryl methyl sites for hydroxylation is 2. The predicted octanol–water partition coefficient (Wildman–Crippen LogP) is 4.39. The van der Waals surface area contributed by atoms with E-state index in [4.69, 9.17) is 4.74 Å². The van der Waals surface area contributed by atoms with Crippen LogP contribution in [0.15, 0.2) is 35.8 Å². The number of nitrogens with one attached hydrogen (secondary N) is 2. The van der Waals surface area contributed by atoms with Crippen molar-refractivity contribution in [2.24, 2.45) is 0 Å². The van der Waals surface area contributed by atoms with Crippen LogP contribution in [0.1, 0.15) is 36.9 Å². The second kappa shape index (κ2) is 9.32. The maximum absolute atomic E-state index is 11.8. The van der Waals surface area contributed by atoms with E-state index in [-0.39, 0.29) is 12.5 Å². The lowest BCUT2D eigenvalue weighted by molar-refractivity contribution is -0.153. The first-order valence-electron chi connectivity index (χ1n) is 9.74. The Labute approximate surface area is 181 Å². The van der Waals surface area contributed by atoms with Crippen LogP contribution in [0.4, 0.5) is 11.6 Å². The number of thiazole rings is 1. The van der Waals surface area contributed by atoms with E-state index in [1.54, 1.807) is 6.20 Å². The summed E-state index contributed by atoms with van der Waals surface area (Å²) in [5, 5.41) is 9.15.